The molecule has 18 heavy (non-hydrogen) atoms. The van der Waals surface area contributed by atoms with Gasteiger partial charge in [0.25, 0.3) is 5.91 Å². The molecule has 1 aromatic heterocycles. The smallest absolute Gasteiger partial charge is 0.291 e. The lowest BCUT2D eigenvalue weighted by atomic mass is 9.98. The molecule has 0 aromatic carbocycles. The zero-order valence-electron chi connectivity index (χ0n) is 11.2. The van der Waals surface area contributed by atoms with E-state index >= 15 is 0 Å². The first-order valence-electron chi connectivity index (χ1n) is 6.35. The first-order chi connectivity index (χ1) is 8.39. The second-order valence-corrected chi connectivity index (χ2v) is 5.29. The van der Waals surface area contributed by atoms with Gasteiger partial charge in [0.2, 0.25) is 5.76 Å². The molecule has 1 aliphatic heterocycles. The Balaban J connectivity index is 2.12. The van der Waals surface area contributed by atoms with Gasteiger partial charge in [0.15, 0.2) is 5.89 Å². The fraction of sp³-hybridized carbons (Fsp3) is 0.692. The van der Waals surface area contributed by atoms with Crippen LogP contribution in [0.3, 0.4) is 0 Å². The molecule has 2 heterocycles. The number of hydrogen-bond donors (Lipinski definition) is 1. The van der Waals surface area contributed by atoms with Gasteiger partial charge in [-0.2, -0.15) is 0 Å². The van der Waals surface area contributed by atoms with E-state index in [2.05, 4.69) is 4.98 Å². The maximum absolute atomic E-state index is 12.3. The van der Waals surface area contributed by atoms with E-state index in [1.165, 1.54) is 0 Å². The van der Waals surface area contributed by atoms with E-state index in [4.69, 9.17) is 4.42 Å². The van der Waals surface area contributed by atoms with Crippen molar-refractivity contribution in [3.05, 3.63) is 17.3 Å². The van der Waals surface area contributed by atoms with Crippen LogP contribution >= 0.6 is 0 Å². The third-order valence-electron chi connectivity index (χ3n) is 3.45. The number of aromatic nitrogens is 1. The minimum Gasteiger partial charge on any atom is -0.436 e. The van der Waals surface area contributed by atoms with E-state index in [-0.39, 0.29) is 5.91 Å². The molecule has 0 saturated carbocycles. The Labute approximate surface area is 107 Å². The molecule has 1 fully saturated rings. The Kier molecular flexibility index (Phi) is 3.43. The van der Waals surface area contributed by atoms with Crippen molar-refractivity contribution < 1.29 is 14.3 Å². The van der Waals surface area contributed by atoms with Gasteiger partial charge in [-0.15, -0.1) is 0 Å². The van der Waals surface area contributed by atoms with Gasteiger partial charge < -0.3 is 14.4 Å². The first kappa shape index (κ1) is 13.1. The fourth-order valence-corrected chi connectivity index (χ4v) is 2.34. The van der Waals surface area contributed by atoms with Crippen LogP contribution in [0.2, 0.25) is 0 Å². The zero-order chi connectivity index (χ0) is 13.3. The molecule has 1 atom stereocenters. The number of aliphatic hydroxyl groups is 1. The van der Waals surface area contributed by atoms with Gasteiger partial charge in [-0.05, 0) is 33.1 Å². The Morgan fingerprint density at radius 2 is 2.11 bits per heavy atom. The molecule has 0 aliphatic carbocycles. The quantitative estimate of drug-likeness (QED) is 0.825. The lowest BCUT2D eigenvalue weighted by Gasteiger charge is -2.21. The topological polar surface area (TPSA) is 66.6 Å². The fourth-order valence-electron chi connectivity index (χ4n) is 2.34. The average Bonchev–Trinajstić information content (AvgIpc) is 2.50. The molecule has 1 amide bonds. The minimum absolute atomic E-state index is 0.120. The van der Waals surface area contributed by atoms with Crippen molar-refractivity contribution in [2.75, 3.05) is 13.1 Å². The molecule has 0 spiro atoms. The Morgan fingerprint density at radius 3 is 2.72 bits per heavy atom. The van der Waals surface area contributed by atoms with Gasteiger partial charge in [0.05, 0.1) is 11.3 Å². The summed E-state index contributed by atoms with van der Waals surface area (Å²) in [6, 6.07) is 0. The van der Waals surface area contributed by atoms with Gasteiger partial charge in [0.1, 0.15) is 0 Å². The van der Waals surface area contributed by atoms with Crippen molar-refractivity contribution in [1.82, 2.24) is 9.88 Å². The maximum Gasteiger partial charge on any atom is 0.291 e. The molecule has 1 aliphatic rings. The van der Waals surface area contributed by atoms with Crippen LogP contribution in [0.4, 0.5) is 0 Å². The number of hydrogen-bond acceptors (Lipinski definition) is 4. The van der Waals surface area contributed by atoms with E-state index in [1.807, 2.05) is 6.92 Å². The van der Waals surface area contributed by atoms with Crippen molar-refractivity contribution in [1.29, 1.82) is 0 Å². The number of amides is 1. The number of carbonyl (C=O) groups excluding carboxylic acids is 1. The number of rotatable bonds is 1. The summed E-state index contributed by atoms with van der Waals surface area (Å²) in [4.78, 5) is 18.2. The summed E-state index contributed by atoms with van der Waals surface area (Å²) in [6.45, 7) is 6.55. The highest BCUT2D eigenvalue weighted by Gasteiger charge is 2.29. The van der Waals surface area contributed by atoms with Gasteiger partial charge >= 0.3 is 0 Å². The number of carbonyl (C=O) groups is 1. The number of oxazole rings is 1. The lowest BCUT2D eigenvalue weighted by Crippen LogP contribution is -2.33. The first-order valence-corrected chi connectivity index (χ1v) is 6.35. The van der Waals surface area contributed by atoms with Crippen LogP contribution in [0.1, 0.15) is 48.3 Å². The third kappa shape index (κ3) is 2.72. The van der Waals surface area contributed by atoms with Crippen molar-refractivity contribution in [3.63, 3.8) is 0 Å². The molecule has 1 unspecified atom stereocenters. The summed E-state index contributed by atoms with van der Waals surface area (Å²) in [7, 11) is 0. The molecule has 1 aromatic rings. The third-order valence-corrected chi connectivity index (χ3v) is 3.45. The molecule has 1 N–H and O–H groups in total. The van der Waals surface area contributed by atoms with Gasteiger partial charge in [-0.3, -0.25) is 4.79 Å². The highest BCUT2D eigenvalue weighted by Crippen LogP contribution is 2.23. The summed E-state index contributed by atoms with van der Waals surface area (Å²) >= 11 is 0. The largest absolute Gasteiger partial charge is 0.436 e. The zero-order valence-corrected chi connectivity index (χ0v) is 11.2. The molecule has 2 rings (SSSR count). The second kappa shape index (κ2) is 4.72. The number of likely N-dealkylation sites (tertiary alicyclic amines) is 1. The van der Waals surface area contributed by atoms with E-state index in [1.54, 1.807) is 18.7 Å². The Morgan fingerprint density at radius 1 is 1.39 bits per heavy atom. The summed E-state index contributed by atoms with van der Waals surface area (Å²) in [5.41, 5.74) is -0.0324. The Bertz CT molecular complexity index is 451. The summed E-state index contributed by atoms with van der Waals surface area (Å²) in [5, 5.41) is 10.0. The van der Waals surface area contributed by atoms with Crippen LogP contribution in [-0.2, 0) is 0 Å². The van der Waals surface area contributed by atoms with E-state index in [9.17, 15) is 9.90 Å². The van der Waals surface area contributed by atoms with Gasteiger partial charge in [-0.1, -0.05) is 0 Å². The van der Waals surface area contributed by atoms with Crippen LogP contribution in [0.15, 0.2) is 4.42 Å². The average molecular weight is 252 g/mol. The Hall–Kier alpha value is -1.36. The standard InChI is InChI=1S/C13H20N2O3/c1-9-11(18-10(2)14-9)12(16)15-7-4-5-13(3,17)6-8-15/h17H,4-8H2,1-3H3. The minimum atomic E-state index is -0.665. The second-order valence-electron chi connectivity index (χ2n) is 5.29. The van der Waals surface area contributed by atoms with E-state index < -0.39 is 5.60 Å². The molecule has 5 nitrogen and oxygen atoms in total. The predicted octanol–water partition coefficient (Wildman–Crippen LogP) is 1.67. The molecule has 100 valence electrons. The van der Waals surface area contributed by atoms with E-state index in [0.29, 0.717) is 36.9 Å². The highest BCUT2D eigenvalue weighted by molar-refractivity contribution is 5.92. The molecular weight excluding hydrogens is 232 g/mol. The van der Waals surface area contributed by atoms with E-state index in [0.717, 1.165) is 12.8 Å². The number of aryl methyl sites for hydroxylation is 2. The van der Waals surface area contributed by atoms with Gasteiger partial charge in [-0.25, -0.2) is 4.98 Å². The normalized spacial score (nSPS) is 25.0. The predicted molar refractivity (Wildman–Crippen MR) is 66.4 cm³/mol. The number of nitrogens with zero attached hydrogens (tertiary/aromatic N) is 2. The SMILES string of the molecule is Cc1nc(C)c(C(=O)N2CCCC(C)(O)CC2)o1. The monoisotopic (exact) mass is 252 g/mol. The van der Waals surface area contributed by atoms with Crippen LogP contribution in [0, 0.1) is 13.8 Å². The summed E-state index contributed by atoms with van der Waals surface area (Å²) in [6.07, 6.45) is 2.14. The molecule has 1 saturated heterocycles. The van der Waals surface area contributed by atoms with Crippen molar-refractivity contribution >= 4 is 5.91 Å². The summed E-state index contributed by atoms with van der Waals surface area (Å²) in [5.74, 6) is 0.720. The molecular formula is C13H20N2O3. The molecule has 0 radical (unpaired) electrons. The van der Waals surface area contributed by atoms with Crippen LogP contribution in [0.25, 0.3) is 0 Å². The maximum atomic E-state index is 12.3. The van der Waals surface area contributed by atoms with Crippen LogP contribution in [0.5, 0.6) is 0 Å². The van der Waals surface area contributed by atoms with Gasteiger partial charge in [0, 0.05) is 20.0 Å². The highest BCUT2D eigenvalue weighted by atomic mass is 16.4. The molecule has 5 heteroatoms. The van der Waals surface area contributed by atoms with Crippen LogP contribution in [-0.4, -0.2) is 39.6 Å². The van der Waals surface area contributed by atoms with Crippen molar-refractivity contribution in [2.45, 2.75) is 45.6 Å². The van der Waals surface area contributed by atoms with Crippen molar-refractivity contribution in [3.8, 4) is 0 Å². The van der Waals surface area contributed by atoms with Crippen molar-refractivity contribution in [2.24, 2.45) is 0 Å². The summed E-state index contributed by atoms with van der Waals surface area (Å²) < 4.78 is 5.36. The lowest BCUT2D eigenvalue weighted by molar-refractivity contribution is 0.0434. The van der Waals surface area contributed by atoms with Crippen LogP contribution < -0.4 is 0 Å². The molecule has 0 bridgehead atoms.